The van der Waals surface area contributed by atoms with Crippen molar-refractivity contribution in [3.63, 3.8) is 0 Å². The van der Waals surface area contributed by atoms with Crippen molar-refractivity contribution in [2.24, 2.45) is 5.16 Å². The Hall–Kier alpha value is -2.96. The summed E-state index contributed by atoms with van der Waals surface area (Å²) in [5.74, 6) is 1.49. The van der Waals surface area contributed by atoms with E-state index in [2.05, 4.69) is 9.99 Å². The number of ether oxygens (including phenoxy) is 2. The van der Waals surface area contributed by atoms with Crippen molar-refractivity contribution in [2.45, 2.75) is 40.5 Å². The molecule has 0 N–H and O–H groups in total. The van der Waals surface area contributed by atoms with Crippen LogP contribution in [-0.2, 0) is 11.4 Å². The number of aryl methyl sites for hydroxylation is 3. The summed E-state index contributed by atoms with van der Waals surface area (Å²) in [6, 6.07) is 8.44. The third-order valence-electron chi connectivity index (χ3n) is 4.40. The van der Waals surface area contributed by atoms with Crippen molar-refractivity contribution in [3.05, 3.63) is 70.3 Å². The third-order valence-corrected chi connectivity index (χ3v) is 4.40. The highest BCUT2D eigenvalue weighted by Gasteiger charge is 2.38. The molecule has 0 aliphatic rings. The van der Waals surface area contributed by atoms with Crippen molar-refractivity contribution in [1.29, 1.82) is 0 Å². The quantitative estimate of drug-likeness (QED) is 0.296. The molecule has 7 heteroatoms. The van der Waals surface area contributed by atoms with Crippen molar-refractivity contribution < 1.29 is 27.5 Å². The SMILES string of the molecule is C/C=C/COc1cc(C)c(OCc2ccc(/C(=N/OC)C(F)(F)F)c(C)c2)c(C)c1. The summed E-state index contributed by atoms with van der Waals surface area (Å²) in [7, 11) is 1.09. The number of benzene rings is 2. The van der Waals surface area contributed by atoms with E-state index in [-0.39, 0.29) is 12.2 Å². The second-order valence-electron chi connectivity index (χ2n) is 6.82. The van der Waals surface area contributed by atoms with E-state index >= 15 is 0 Å². The normalized spacial score (nSPS) is 12.3. The Morgan fingerprint density at radius 1 is 1.00 bits per heavy atom. The number of hydrogen-bond acceptors (Lipinski definition) is 4. The number of rotatable bonds is 8. The van der Waals surface area contributed by atoms with Crippen molar-refractivity contribution in [3.8, 4) is 11.5 Å². The molecule has 0 saturated heterocycles. The predicted molar refractivity (Wildman–Crippen MR) is 111 cm³/mol. The third kappa shape index (κ3) is 6.02. The fourth-order valence-electron chi connectivity index (χ4n) is 3.04. The summed E-state index contributed by atoms with van der Waals surface area (Å²) < 4.78 is 51.3. The maximum atomic E-state index is 13.2. The van der Waals surface area contributed by atoms with E-state index < -0.39 is 11.9 Å². The lowest BCUT2D eigenvalue weighted by Gasteiger charge is -2.16. The van der Waals surface area contributed by atoms with Crippen LogP contribution in [-0.4, -0.2) is 25.6 Å². The standard InChI is InChI=1S/C23H26F3NO3/c1-6-7-10-29-19-12-16(3)21(17(4)13-19)30-14-18-8-9-20(15(2)11-18)22(27-28-5)23(24,25)26/h6-9,11-13H,10,14H2,1-5H3/b7-6+,27-22-. The van der Waals surface area contributed by atoms with Crippen LogP contribution in [0, 0.1) is 20.8 Å². The van der Waals surface area contributed by atoms with Crippen LogP contribution >= 0.6 is 0 Å². The molecule has 0 saturated carbocycles. The Kier molecular flexibility index (Phi) is 7.92. The Morgan fingerprint density at radius 2 is 1.67 bits per heavy atom. The molecule has 0 aliphatic heterocycles. The number of alkyl halides is 3. The van der Waals surface area contributed by atoms with Gasteiger partial charge in [0.1, 0.15) is 31.8 Å². The number of allylic oxidation sites excluding steroid dienone is 1. The van der Waals surface area contributed by atoms with Crippen molar-refractivity contribution in [1.82, 2.24) is 0 Å². The van der Waals surface area contributed by atoms with Gasteiger partial charge in [-0.2, -0.15) is 13.2 Å². The number of oxime groups is 1. The van der Waals surface area contributed by atoms with Crippen LogP contribution in [0.1, 0.15) is 34.7 Å². The molecule has 4 nitrogen and oxygen atoms in total. The lowest BCUT2D eigenvalue weighted by atomic mass is 10.0. The fourth-order valence-corrected chi connectivity index (χ4v) is 3.04. The van der Waals surface area contributed by atoms with Gasteiger partial charge < -0.3 is 14.3 Å². The molecule has 0 bridgehead atoms. The molecular formula is C23H26F3NO3. The van der Waals surface area contributed by atoms with Gasteiger partial charge in [0.05, 0.1) is 0 Å². The molecule has 0 unspecified atom stereocenters. The molecule has 0 radical (unpaired) electrons. The van der Waals surface area contributed by atoms with E-state index in [0.29, 0.717) is 12.2 Å². The molecule has 162 valence electrons. The number of hydrogen-bond donors (Lipinski definition) is 0. The van der Waals surface area contributed by atoms with Gasteiger partial charge in [0.15, 0.2) is 5.71 Å². The lowest BCUT2D eigenvalue weighted by Crippen LogP contribution is -2.25. The van der Waals surface area contributed by atoms with Gasteiger partial charge in [-0.25, -0.2) is 0 Å². The van der Waals surface area contributed by atoms with Crippen LogP contribution in [0.15, 0.2) is 47.6 Å². The Bertz CT molecular complexity index is 911. The monoisotopic (exact) mass is 421 g/mol. The van der Waals surface area contributed by atoms with Crippen molar-refractivity contribution >= 4 is 5.71 Å². The summed E-state index contributed by atoms with van der Waals surface area (Å²) in [6.07, 6.45) is -0.768. The van der Waals surface area contributed by atoms with Gasteiger partial charge in [0.25, 0.3) is 0 Å². The van der Waals surface area contributed by atoms with Crippen LogP contribution < -0.4 is 9.47 Å². The first kappa shape index (κ1) is 23.3. The van der Waals surface area contributed by atoms with Crippen LogP contribution in [0.2, 0.25) is 0 Å². The molecular weight excluding hydrogens is 395 g/mol. The Balaban J connectivity index is 2.17. The molecule has 2 aromatic rings. The van der Waals surface area contributed by atoms with E-state index in [9.17, 15) is 13.2 Å². The first-order valence-corrected chi connectivity index (χ1v) is 9.43. The highest BCUT2D eigenvalue weighted by atomic mass is 19.4. The summed E-state index contributed by atoms with van der Waals surface area (Å²) in [5, 5.41) is 3.15. The molecule has 0 aromatic heterocycles. The second-order valence-corrected chi connectivity index (χ2v) is 6.82. The molecule has 0 amide bonds. The maximum absolute atomic E-state index is 13.2. The van der Waals surface area contributed by atoms with Crippen LogP contribution in [0.25, 0.3) is 0 Å². The van der Waals surface area contributed by atoms with Gasteiger partial charge in [0, 0.05) is 5.56 Å². The molecule has 0 heterocycles. The van der Waals surface area contributed by atoms with E-state index in [1.165, 1.54) is 6.07 Å². The Labute approximate surface area is 174 Å². The average Bonchev–Trinajstić information content (AvgIpc) is 2.65. The molecule has 0 spiro atoms. The first-order chi connectivity index (χ1) is 14.2. The van der Waals surface area contributed by atoms with E-state index in [1.807, 2.05) is 45.1 Å². The smallest absolute Gasteiger partial charge is 0.437 e. The minimum atomic E-state index is -4.61. The topological polar surface area (TPSA) is 40.0 Å². The highest BCUT2D eigenvalue weighted by Crippen LogP contribution is 2.30. The fraction of sp³-hybridized carbons (Fsp3) is 0.348. The summed E-state index contributed by atoms with van der Waals surface area (Å²) in [5.41, 5.74) is 1.95. The summed E-state index contributed by atoms with van der Waals surface area (Å²) >= 11 is 0. The number of halogens is 3. The van der Waals surface area contributed by atoms with Gasteiger partial charge in [0.2, 0.25) is 0 Å². The average molecular weight is 421 g/mol. The molecule has 2 aromatic carbocycles. The van der Waals surface area contributed by atoms with Gasteiger partial charge >= 0.3 is 6.18 Å². The zero-order chi connectivity index (χ0) is 22.3. The van der Waals surface area contributed by atoms with Gasteiger partial charge in [-0.1, -0.05) is 35.5 Å². The van der Waals surface area contributed by atoms with Gasteiger partial charge in [-0.05, 0) is 62.1 Å². The zero-order valence-electron chi connectivity index (χ0n) is 17.8. The Morgan fingerprint density at radius 3 is 2.20 bits per heavy atom. The first-order valence-electron chi connectivity index (χ1n) is 9.43. The van der Waals surface area contributed by atoms with E-state index in [1.54, 1.807) is 19.1 Å². The summed E-state index contributed by atoms with van der Waals surface area (Å²) in [4.78, 5) is 4.37. The van der Waals surface area contributed by atoms with E-state index in [4.69, 9.17) is 9.47 Å². The van der Waals surface area contributed by atoms with Crippen molar-refractivity contribution in [2.75, 3.05) is 13.7 Å². The van der Waals surface area contributed by atoms with Crippen LogP contribution in [0.4, 0.5) is 13.2 Å². The van der Waals surface area contributed by atoms with Gasteiger partial charge in [-0.3, -0.25) is 0 Å². The van der Waals surface area contributed by atoms with Crippen LogP contribution in [0.3, 0.4) is 0 Å². The molecule has 30 heavy (non-hydrogen) atoms. The minimum Gasteiger partial charge on any atom is -0.490 e. The number of nitrogens with zero attached hydrogens (tertiary/aromatic N) is 1. The largest absolute Gasteiger partial charge is 0.490 e. The van der Waals surface area contributed by atoms with E-state index in [0.717, 1.165) is 35.3 Å². The minimum absolute atomic E-state index is 0.0249. The maximum Gasteiger partial charge on any atom is 0.437 e. The lowest BCUT2D eigenvalue weighted by molar-refractivity contribution is -0.0608. The molecule has 0 aliphatic carbocycles. The summed E-state index contributed by atoms with van der Waals surface area (Å²) in [6.45, 7) is 8.10. The zero-order valence-corrected chi connectivity index (χ0v) is 17.8. The van der Waals surface area contributed by atoms with Crippen LogP contribution in [0.5, 0.6) is 11.5 Å². The highest BCUT2D eigenvalue weighted by molar-refractivity contribution is 6.05. The van der Waals surface area contributed by atoms with Gasteiger partial charge in [-0.15, -0.1) is 0 Å². The molecule has 0 fully saturated rings. The molecule has 2 rings (SSSR count). The predicted octanol–water partition coefficient (Wildman–Crippen LogP) is 6.06. The second kappa shape index (κ2) is 10.2. The molecule has 0 atom stereocenters.